The minimum absolute atomic E-state index is 0.0535. The van der Waals surface area contributed by atoms with Crippen molar-refractivity contribution < 1.29 is 14.3 Å². The average molecular weight is 385 g/mol. The number of fused-ring (bicyclic) bond motifs is 1. The van der Waals surface area contributed by atoms with Crippen LogP contribution in [0.15, 0.2) is 30.5 Å². The van der Waals surface area contributed by atoms with Crippen molar-refractivity contribution in [3.05, 3.63) is 30.5 Å². The largest absolute Gasteiger partial charge is 0.491 e. The maximum absolute atomic E-state index is 13.2. The molecule has 0 saturated heterocycles. The van der Waals surface area contributed by atoms with E-state index in [2.05, 4.69) is 31.1 Å². The smallest absolute Gasteiger partial charge is 0.256 e. The average Bonchev–Trinajstić information content (AvgIpc) is 2.69. The molecule has 1 amide bonds. The van der Waals surface area contributed by atoms with Crippen molar-refractivity contribution in [3.63, 3.8) is 0 Å². The molecule has 1 N–H and O–H groups in total. The number of carbonyl (C=O) groups excluding carboxylic acids is 1. The van der Waals surface area contributed by atoms with Gasteiger partial charge in [0.15, 0.2) is 0 Å². The van der Waals surface area contributed by atoms with Crippen LogP contribution in [0.3, 0.4) is 0 Å². The van der Waals surface area contributed by atoms with Crippen LogP contribution < -0.4 is 10.1 Å². The van der Waals surface area contributed by atoms with Crippen LogP contribution in [-0.2, 0) is 9.53 Å². The van der Waals surface area contributed by atoms with E-state index in [1.54, 1.807) is 6.20 Å². The number of nitrogens with one attached hydrogen (secondary N) is 1. The summed E-state index contributed by atoms with van der Waals surface area (Å²) in [7, 11) is 0. The first-order valence-electron chi connectivity index (χ1n) is 10.4. The molecule has 0 radical (unpaired) electrons. The Hall–Kier alpha value is -2.14. The lowest BCUT2D eigenvalue weighted by atomic mass is 9.78. The number of pyridine rings is 1. The molecule has 1 aromatic heterocycles. The van der Waals surface area contributed by atoms with E-state index >= 15 is 0 Å². The Bertz CT molecular complexity index is 811. The van der Waals surface area contributed by atoms with Crippen LogP contribution >= 0.6 is 0 Å². The highest BCUT2D eigenvalue weighted by atomic mass is 16.5. The van der Waals surface area contributed by atoms with Gasteiger partial charge in [-0.1, -0.05) is 20.8 Å². The highest BCUT2D eigenvalue weighted by molar-refractivity contribution is 6.05. The van der Waals surface area contributed by atoms with Gasteiger partial charge in [0.05, 0.1) is 12.3 Å². The molecule has 28 heavy (non-hydrogen) atoms. The first kappa shape index (κ1) is 20.6. The van der Waals surface area contributed by atoms with Gasteiger partial charge in [-0.3, -0.25) is 9.78 Å². The summed E-state index contributed by atoms with van der Waals surface area (Å²) in [6.07, 6.45) is 5.30. The van der Waals surface area contributed by atoms with Crippen molar-refractivity contribution >= 4 is 22.5 Å². The van der Waals surface area contributed by atoms with Gasteiger partial charge in [0, 0.05) is 18.2 Å². The lowest BCUT2D eigenvalue weighted by Crippen LogP contribution is -2.48. The van der Waals surface area contributed by atoms with E-state index in [0.29, 0.717) is 25.0 Å². The maximum Gasteiger partial charge on any atom is 0.256 e. The summed E-state index contributed by atoms with van der Waals surface area (Å²) in [6, 6.07) is 7.65. The van der Waals surface area contributed by atoms with E-state index < -0.39 is 5.60 Å². The molecule has 2 aromatic rings. The zero-order chi connectivity index (χ0) is 20.1. The summed E-state index contributed by atoms with van der Waals surface area (Å²) in [5.41, 5.74) is 0.786. The van der Waals surface area contributed by atoms with Gasteiger partial charge in [0.25, 0.3) is 5.91 Å². The van der Waals surface area contributed by atoms with Crippen molar-refractivity contribution in [2.45, 2.75) is 59.0 Å². The summed E-state index contributed by atoms with van der Waals surface area (Å²) in [5.74, 6) is 1.76. The number of amides is 1. The molecule has 1 saturated carbocycles. The number of ether oxygens (including phenoxy) is 2. The van der Waals surface area contributed by atoms with Gasteiger partial charge in [-0.25, -0.2) is 0 Å². The number of hydrogen-bond acceptors (Lipinski definition) is 4. The standard InChI is InChI=1S/C23H32N2O3/c1-5-28-23(12-10-17(4)11-13-23)22(26)25-19-8-9-20(27-15-16(2)3)21-18(19)7-6-14-24-21/h6-9,14,16-17H,5,10-13,15H2,1-4H3,(H,25,26). The molecule has 1 fully saturated rings. The molecule has 1 aliphatic carbocycles. The molecule has 1 heterocycles. The fourth-order valence-corrected chi connectivity index (χ4v) is 3.81. The van der Waals surface area contributed by atoms with E-state index in [9.17, 15) is 4.79 Å². The summed E-state index contributed by atoms with van der Waals surface area (Å²) >= 11 is 0. The fraction of sp³-hybridized carbons (Fsp3) is 0.565. The topological polar surface area (TPSA) is 60.5 Å². The van der Waals surface area contributed by atoms with Crippen molar-refractivity contribution in [2.24, 2.45) is 11.8 Å². The number of carbonyl (C=O) groups is 1. The summed E-state index contributed by atoms with van der Waals surface area (Å²) in [6.45, 7) is 9.58. The first-order valence-corrected chi connectivity index (χ1v) is 10.4. The van der Waals surface area contributed by atoms with Crippen LogP contribution in [0.2, 0.25) is 0 Å². The van der Waals surface area contributed by atoms with E-state index in [-0.39, 0.29) is 5.91 Å². The predicted octanol–water partition coefficient (Wildman–Crippen LogP) is 5.19. The van der Waals surface area contributed by atoms with Crippen LogP contribution in [-0.4, -0.2) is 29.7 Å². The molecule has 3 rings (SSSR count). The Morgan fingerprint density at radius 2 is 2.04 bits per heavy atom. The number of nitrogens with zero attached hydrogens (tertiary/aromatic N) is 1. The summed E-state index contributed by atoms with van der Waals surface area (Å²) < 4.78 is 11.9. The van der Waals surface area contributed by atoms with Crippen molar-refractivity contribution in [1.82, 2.24) is 4.98 Å². The number of rotatable bonds is 7. The van der Waals surface area contributed by atoms with Gasteiger partial charge in [0.2, 0.25) is 0 Å². The van der Waals surface area contributed by atoms with E-state index in [4.69, 9.17) is 9.47 Å². The fourth-order valence-electron chi connectivity index (χ4n) is 3.81. The minimum atomic E-state index is -0.734. The van der Waals surface area contributed by atoms with Gasteiger partial charge >= 0.3 is 0 Å². The predicted molar refractivity (Wildman–Crippen MR) is 113 cm³/mol. The third-order valence-corrected chi connectivity index (χ3v) is 5.47. The Morgan fingerprint density at radius 3 is 2.71 bits per heavy atom. The molecule has 5 nitrogen and oxygen atoms in total. The lowest BCUT2D eigenvalue weighted by Gasteiger charge is -2.37. The van der Waals surface area contributed by atoms with E-state index in [1.807, 2.05) is 31.2 Å². The van der Waals surface area contributed by atoms with Gasteiger partial charge in [-0.05, 0) is 68.7 Å². The normalized spacial score (nSPS) is 22.4. The minimum Gasteiger partial charge on any atom is -0.491 e. The highest BCUT2D eigenvalue weighted by Crippen LogP contribution is 2.37. The quantitative estimate of drug-likeness (QED) is 0.713. The molecule has 0 atom stereocenters. The summed E-state index contributed by atoms with van der Waals surface area (Å²) in [5, 5.41) is 4.01. The first-order chi connectivity index (χ1) is 13.4. The highest BCUT2D eigenvalue weighted by Gasteiger charge is 2.42. The van der Waals surface area contributed by atoms with Crippen molar-refractivity contribution in [1.29, 1.82) is 0 Å². The lowest BCUT2D eigenvalue weighted by molar-refractivity contribution is -0.146. The van der Waals surface area contributed by atoms with Gasteiger partial charge in [-0.2, -0.15) is 0 Å². The van der Waals surface area contributed by atoms with Crippen LogP contribution in [0.5, 0.6) is 5.75 Å². The Balaban J connectivity index is 1.87. The van der Waals surface area contributed by atoms with Gasteiger partial charge in [-0.15, -0.1) is 0 Å². The summed E-state index contributed by atoms with van der Waals surface area (Å²) in [4.78, 5) is 17.7. The Kier molecular flexibility index (Phi) is 6.55. The van der Waals surface area contributed by atoms with Crippen molar-refractivity contribution in [3.8, 4) is 5.75 Å². The van der Waals surface area contributed by atoms with Crippen LogP contribution in [0.25, 0.3) is 10.9 Å². The van der Waals surface area contributed by atoms with Gasteiger partial charge in [0.1, 0.15) is 16.9 Å². The maximum atomic E-state index is 13.2. The zero-order valence-corrected chi connectivity index (χ0v) is 17.5. The van der Waals surface area contributed by atoms with Gasteiger partial charge < -0.3 is 14.8 Å². The molecule has 0 unspecified atom stereocenters. The van der Waals surface area contributed by atoms with E-state index in [1.165, 1.54) is 0 Å². The molecule has 5 heteroatoms. The Morgan fingerprint density at radius 1 is 1.29 bits per heavy atom. The second kappa shape index (κ2) is 8.91. The molecular weight excluding hydrogens is 352 g/mol. The second-order valence-electron chi connectivity index (χ2n) is 8.28. The molecule has 1 aromatic carbocycles. The third kappa shape index (κ3) is 4.46. The molecular formula is C23H32N2O3. The number of benzene rings is 1. The number of hydrogen-bond donors (Lipinski definition) is 1. The monoisotopic (exact) mass is 384 g/mol. The molecule has 1 aliphatic rings. The SMILES string of the molecule is CCOC1(C(=O)Nc2ccc(OCC(C)C)c3ncccc23)CCC(C)CC1. The van der Waals surface area contributed by atoms with Crippen LogP contribution in [0.4, 0.5) is 5.69 Å². The molecule has 0 spiro atoms. The number of anilines is 1. The third-order valence-electron chi connectivity index (χ3n) is 5.47. The molecule has 152 valence electrons. The number of aromatic nitrogens is 1. The van der Waals surface area contributed by atoms with Crippen molar-refractivity contribution in [2.75, 3.05) is 18.5 Å². The van der Waals surface area contributed by atoms with Crippen LogP contribution in [0.1, 0.15) is 53.4 Å². The molecule has 0 aliphatic heterocycles. The Labute approximate surface area is 167 Å². The second-order valence-corrected chi connectivity index (χ2v) is 8.28. The van der Waals surface area contributed by atoms with E-state index in [0.717, 1.165) is 48.0 Å². The molecule has 0 bridgehead atoms. The zero-order valence-electron chi connectivity index (χ0n) is 17.5. The van der Waals surface area contributed by atoms with Crippen LogP contribution in [0, 0.1) is 11.8 Å².